The van der Waals surface area contributed by atoms with Crippen LogP contribution < -0.4 is 0 Å². The van der Waals surface area contributed by atoms with E-state index in [1.54, 1.807) is 0 Å². The third-order valence-corrected chi connectivity index (χ3v) is 0.885. The van der Waals surface area contributed by atoms with Gasteiger partial charge in [0, 0.05) is 20.6 Å². The quantitative estimate of drug-likeness (QED) is 0.447. The van der Waals surface area contributed by atoms with E-state index < -0.39 is 6.29 Å². The Morgan fingerprint density at radius 3 is 2.40 bits per heavy atom. The van der Waals surface area contributed by atoms with Gasteiger partial charge in [-0.1, -0.05) is 5.92 Å². The van der Waals surface area contributed by atoms with Crippen molar-refractivity contribution in [1.82, 2.24) is 0 Å². The van der Waals surface area contributed by atoms with Crippen LogP contribution in [-0.4, -0.2) is 32.2 Å². The van der Waals surface area contributed by atoms with Crippen LogP contribution in [0.2, 0.25) is 0 Å². The van der Waals surface area contributed by atoms with Gasteiger partial charge in [0.25, 0.3) is 0 Å². The summed E-state index contributed by atoms with van der Waals surface area (Å²) >= 11 is 0. The highest BCUT2D eigenvalue weighted by Crippen LogP contribution is 1.86. The molecule has 0 aromatic carbocycles. The summed E-state index contributed by atoms with van der Waals surface area (Å²) < 4.78 is 9.54. The van der Waals surface area contributed by atoms with Crippen molar-refractivity contribution >= 4 is 0 Å². The summed E-state index contributed by atoms with van der Waals surface area (Å²) in [6.07, 6.45) is -0.00463. The molecule has 0 saturated carbocycles. The number of aliphatic hydroxyl groups excluding tert-OH is 1. The van der Waals surface area contributed by atoms with Gasteiger partial charge in [-0.3, -0.25) is 0 Å². The van der Waals surface area contributed by atoms with E-state index >= 15 is 0 Å². The first-order valence-corrected chi connectivity index (χ1v) is 3.00. The van der Waals surface area contributed by atoms with Crippen LogP contribution in [0.4, 0.5) is 0 Å². The van der Waals surface area contributed by atoms with Crippen molar-refractivity contribution in [2.45, 2.75) is 12.7 Å². The highest BCUT2D eigenvalue weighted by molar-refractivity contribution is 5.01. The second kappa shape index (κ2) is 6.56. The van der Waals surface area contributed by atoms with Crippen molar-refractivity contribution in [3.8, 4) is 11.8 Å². The van der Waals surface area contributed by atoms with Gasteiger partial charge in [0.1, 0.15) is 0 Å². The van der Waals surface area contributed by atoms with Crippen LogP contribution in [0.25, 0.3) is 0 Å². The molecule has 0 aromatic heterocycles. The zero-order chi connectivity index (χ0) is 7.82. The summed E-state index contributed by atoms with van der Waals surface area (Å²) in [5.74, 6) is 5.35. The summed E-state index contributed by atoms with van der Waals surface area (Å²) in [5.41, 5.74) is 0. The molecule has 3 nitrogen and oxygen atoms in total. The average molecular weight is 144 g/mol. The molecule has 1 N–H and O–H groups in total. The maximum Gasteiger partial charge on any atom is 0.221 e. The van der Waals surface area contributed by atoms with E-state index in [0.29, 0.717) is 6.42 Å². The van der Waals surface area contributed by atoms with E-state index in [2.05, 4.69) is 11.8 Å². The summed E-state index contributed by atoms with van der Waals surface area (Å²) in [5, 5.41) is 8.34. The fourth-order valence-corrected chi connectivity index (χ4v) is 0.425. The van der Waals surface area contributed by atoms with E-state index in [1.165, 1.54) is 14.2 Å². The minimum atomic E-state index is -0.466. The molecule has 0 bridgehead atoms. The van der Waals surface area contributed by atoms with Gasteiger partial charge in [0.2, 0.25) is 6.29 Å². The third-order valence-electron chi connectivity index (χ3n) is 0.885. The van der Waals surface area contributed by atoms with Gasteiger partial charge in [-0.25, -0.2) is 0 Å². The Kier molecular flexibility index (Phi) is 6.19. The van der Waals surface area contributed by atoms with Crippen LogP contribution in [-0.2, 0) is 9.47 Å². The van der Waals surface area contributed by atoms with Gasteiger partial charge in [0.05, 0.1) is 6.61 Å². The Morgan fingerprint density at radius 1 is 1.40 bits per heavy atom. The lowest BCUT2D eigenvalue weighted by Gasteiger charge is -2.03. The number of rotatable bonds is 3. The Bertz CT molecular complexity index is 119. The largest absolute Gasteiger partial charge is 0.395 e. The highest BCUT2D eigenvalue weighted by atomic mass is 16.7. The zero-order valence-corrected chi connectivity index (χ0v) is 6.26. The molecule has 0 radical (unpaired) electrons. The van der Waals surface area contributed by atoms with Gasteiger partial charge in [-0.15, -0.1) is 0 Å². The van der Waals surface area contributed by atoms with Gasteiger partial charge < -0.3 is 14.6 Å². The van der Waals surface area contributed by atoms with Gasteiger partial charge >= 0.3 is 0 Å². The van der Waals surface area contributed by atoms with Crippen molar-refractivity contribution in [2.24, 2.45) is 0 Å². The summed E-state index contributed by atoms with van der Waals surface area (Å²) in [7, 11) is 3.03. The molecule has 0 aliphatic heterocycles. The van der Waals surface area contributed by atoms with Crippen molar-refractivity contribution in [1.29, 1.82) is 0 Å². The predicted molar refractivity (Wildman–Crippen MR) is 37.3 cm³/mol. The highest BCUT2D eigenvalue weighted by Gasteiger charge is 1.95. The van der Waals surface area contributed by atoms with Crippen LogP contribution in [0.3, 0.4) is 0 Å². The molecule has 0 unspecified atom stereocenters. The molecule has 0 spiro atoms. The lowest BCUT2D eigenvalue weighted by atomic mass is 10.4. The van der Waals surface area contributed by atoms with Crippen LogP contribution in [0, 0.1) is 11.8 Å². The summed E-state index contributed by atoms with van der Waals surface area (Å²) in [4.78, 5) is 0. The number of methoxy groups -OCH3 is 2. The average Bonchev–Trinajstić information content (AvgIpc) is 1.99. The van der Waals surface area contributed by atoms with Gasteiger partial charge in [-0.2, -0.15) is 0 Å². The van der Waals surface area contributed by atoms with Crippen molar-refractivity contribution in [2.75, 3.05) is 20.8 Å². The molecule has 0 saturated heterocycles. The van der Waals surface area contributed by atoms with Gasteiger partial charge in [-0.05, 0) is 5.92 Å². The van der Waals surface area contributed by atoms with Crippen molar-refractivity contribution in [3.63, 3.8) is 0 Å². The lowest BCUT2D eigenvalue weighted by molar-refractivity contribution is -0.0596. The monoisotopic (exact) mass is 144 g/mol. The molecule has 58 valence electrons. The number of ether oxygens (including phenoxy) is 2. The first-order valence-electron chi connectivity index (χ1n) is 3.00. The first kappa shape index (κ1) is 9.44. The second-order valence-electron chi connectivity index (χ2n) is 1.60. The normalized spacial score (nSPS) is 9.20. The first-order chi connectivity index (χ1) is 4.85. The van der Waals surface area contributed by atoms with E-state index in [-0.39, 0.29) is 6.61 Å². The third kappa shape index (κ3) is 4.33. The molecule has 0 atom stereocenters. The van der Waals surface area contributed by atoms with E-state index in [1.807, 2.05) is 0 Å². The summed E-state index contributed by atoms with van der Waals surface area (Å²) in [6.45, 7) is 0.0765. The Labute approximate surface area is 60.9 Å². The number of aliphatic hydroxyl groups is 1. The van der Waals surface area contributed by atoms with Crippen molar-refractivity contribution < 1.29 is 14.6 Å². The van der Waals surface area contributed by atoms with Gasteiger partial charge in [0.15, 0.2) is 0 Å². The van der Waals surface area contributed by atoms with E-state index in [0.717, 1.165) is 0 Å². The Balaban J connectivity index is 3.52. The molecule has 0 fully saturated rings. The fraction of sp³-hybridized carbons (Fsp3) is 0.714. The van der Waals surface area contributed by atoms with Crippen LogP contribution >= 0.6 is 0 Å². The minimum absolute atomic E-state index is 0.0765. The lowest BCUT2D eigenvalue weighted by Crippen LogP contribution is -2.09. The molecule has 0 aliphatic carbocycles. The standard InChI is InChI=1S/C7H12O3/c1-9-7(10-2)5-3-4-6-8/h7-8H,4,6H2,1-2H3. The molecule has 0 rings (SSSR count). The molecule has 0 aliphatic rings. The molecule has 3 heteroatoms. The topological polar surface area (TPSA) is 38.7 Å². The minimum Gasteiger partial charge on any atom is -0.395 e. The summed E-state index contributed by atoms with van der Waals surface area (Å²) in [6, 6.07) is 0. The van der Waals surface area contributed by atoms with Crippen LogP contribution in [0.5, 0.6) is 0 Å². The maximum absolute atomic E-state index is 8.34. The fourth-order valence-electron chi connectivity index (χ4n) is 0.425. The molecule has 0 amide bonds. The molecular weight excluding hydrogens is 132 g/mol. The number of hydrogen-bond acceptors (Lipinski definition) is 3. The molecular formula is C7H12O3. The molecule has 0 heterocycles. The van der Waals surface area contributed by atoms with Crippen LogP contribution in [0.1, 0.15) is 6.42 Å². The smallest absolute Gasteiger partial charge is 0.221 e. The Hall–Kier alpha value is -0.560. The van der Waals surface area contributed by atoms with Crippen LogP contribution in [0.15, 0.2) is 0 Å². The molecule has 0 aromatic rings. The second-order valence-corrected chi connectivity index (χ2v) is 1.60. The zero-order valence-electron chi connectivity index (χ0n) is 6.26. The maximum atomic E-state index is 8.34. The van der Waals surface area contributed by atoms with E-state index in [9.17, 15) is 0 Å². The Morgan fingerprint density at radius 2 is 2.00 bits per heavy atom. The van der Waals surface area contributed by atoms with Crippen molar-refractivity contribution in [3.05, 3.63) is 0 Å². The SMILES string of the molecule is COC(C#CCCO)OC. The van der Waals surface area contributed by atoms with E-state index in [4.69, 9.17) is 14.6 Å². The molecule has 10 heavy (non-hydrogen) atoms. The predicted octanol–water partition coefficient (Wildman–Crippen LogP) is -0.00890. The number of hydrogen-bond donors (Lipinski definition) is 1.